The lowest BCUT2D eigenvalue weighted by Gasteiger charge is -2.13. The average Bonchev–Trinajstić information content (AvgIpc) is 2.79. The van der Waals surface area contributed by atoms with Crippen molar-refractivity contribution >= 4 is 0 Å². The largest absolute Gasteiger partial charge is 0.391 e. The fourth-order valence-electron chi connectivity index (χ4n) is 3.47. The first-order chi connectivity index (χ1) is 15.5. The minimum atomic E-state index is -0.448. The number of ether oxygens (including phenoxy) is 2. The second kappa shape index (κ2) is 23.9. The van der Waals surface area contributed by atoms with Crippen molar-refractivity contribution in [1.29, 1.82) is 0 Å². The van der Waals surface area contributed by atoms with Gasteiger partial charge in [0.25, 0.3) is 0 Å². The molecule has 0 aromatic heterocycles. The van der Waals surface area contributed by atoms with Gasteiger partial charge in [-0.3, -0.25) is 0 Å². The van der Waals surface area contributed by atoms with Gasteiger partial charge in [-0.1, -0.05) is 46.0 Å². The smallest absolute Gasteiger partial charge is 0.0897 e. The summed E-state index contributed by atoms with van der Waals surface area (Å²) in [5.74, 6) is 1.17. The summed E-state index contributed by atoms with van der Waals surface area (Å²) in [5.41, 5.74) is 11.2. The van der Waals surface area contributed by atoms with Gasteiger partial charge >= 0.3 is 0 Å². The lowest BCUT2D eigenvalue weighted by atomic mass is 10.0. The minimum absolute atomic E-state index is 0.342. The van der Waals surface area contributed by atoms with Crippen LogP contribution in [0.25, 0.3) is 0 Å². The SMILES string of the molecule is CC(CN)CCCCCC(O)COCCCCCCOCC(O)CNCCCC(C)CN. The molecule has 0 rings (SSSR count). The van der Waals surface area contributed by atoms with Crippen LogP contribution in [0.4, 0.5) is 0 Å². The summed E-state index contributed by atoms with van der Waals surface area (Å²) >= 11 is 0. The Balaban J connectivity index is 3.28. The molecule has 194 valence electrons. The van der Waals surface area contributed by atoms with Crippen LogP contribution >= 0.6 is 0 Å². The summed E-state index contributed by atoms with van der Waals surface area (Å²) in [5, 5.41) is 23.2. The summed E-state index contributed by atoms with van der Waals surface area (Å²) in [4.78, 5) is 0. The van der Waals surface area contributed by atoms with E-state index in [1.807, 2.05) is 0 Å². The molecule has 7 nitrogen and oxygen atoms in total. The van der Waals surface area contributed by atoms with Gasteiger partial charge in [-0.15, -0.1) is 0 Å². The molecule has 0 aliphatic carbocycles. The third-order valence-corrected chi connectivity index (χ3v) is 5.92. The van der Waals surface area contributed by atoms with Crippen LogP contribution in [0.2, 0.25) is 0 Å². The zero-order valence-corrected chi connectivity index (χ0v) is 21.1. The zero-order chi connectivity index (χ0) is 23.9. The van der Waals surface area contributed by atoms with Crippen LogP contribution in [0.5, 0.6) is 0 Å². The van der Waals surface area contributed by atoms with Crippen LogP contribution in [-0.2, 0) is 9.47 Å². The molecular formula is C25H55N3O4. The Hall–Kier alpha value is -0.280. The van der Waals surface area contributed by atoms with Crippen molar-refractivity contribution in [2.24, 2.45) is 23.3 Å². The van der Waals surface area contributed by atoms with E-state index in [1.54, 1.807) is 0 Å². The molecule has 0 aliphatic heterocycles. The topological polar surface area (TPSA) is 123 Å². The zero-order valence-electron chi connectivity index (χ0n) is 21.1. The number of unbranched alkanes of at least 4 members (excludes halogenated alkanes) is 5. The van der Waals surface area contributed by atoms with Gasteiger partial charge in [0, 0.05) is 19.8 Å². The molecular weight excluding hydrogens is 406 g/mol. The van der Waals surface area contributed by atoms with Gasteiger partial charge in [-0.05, 0) is 70.0 Å². The third-order valence-electron chi connectivity index (χ3n) is 5.92. The maximum absolute atomic E-state index is 9.97. The highest BCUT2D eigenvalue weighted by atomic mass is 16.5. The van der Waals surface area contributed by atoms with Crippen molar-refractivity contribution in [1.82, 2.24) is 5.32 Å². The molecule has 0 aliphatic rings. The Morgan fingerprint density at radius 1 is 0.656 bits per heavy atom. The van der Waals surface area contributed by atoms with Crippen molar-refractivity contribution < 1.29 is 19.7 Å². The molecule has 0 saturated heterocycles. The van der Waals surface area contributed by atoms with Crippen LogP contribution in [0.3, 0.4) is 0 Å². The molecule has 32 heavy (non-hydrogen) atoms. The van der Waals surface area contributed by atoms with Crippen molar-refractivity contribution in [3.63, 3.8) is 0 Å². The van der Waals surface area contributed by atoms with Gasteiger partial charge in [-0.25, -0.2) is 0 Å². The molecule has 4 unspecified atom stereocenters. The summed E-state index contributed by atoms with van der Waals surface area (Å²) in [7, 11) is 0. The van der Waals surface area contributed by atoms with E-state index in [0.29, 0.717) is 44.8 Å². The van der Waals surface area contributed by atoms with Crippen LogP contribution in [-0.4, -0.2) is 75.0 Å². The lowest BCUT2D eigenvalue weighted by molar-refractivity contribution is 0.0280. The van der Waals surface area contributed by atoms with Crippen LogP contribution in [0.1, 0.15) is 84.5 Å². The van der Waals surface area contributed by atoms with E-state index in [0.717, 1.165) is 77.4 Å². The first-order valence-electron chi connectivity index (χ1n) is 13.1. The van der Waals surface area contributed by atoms with Gasteiger partial charge in [0.15, 0.2) is 0 Å². The maximum Gasteiger partial charge on any atom is 0.0897 e. The Morgan fingerprint density at radius 3 is 1.75 bits per heavy atom. The predicted molar refractivity (Wildman–Crippen MR) is 134 cm³/mol. The van der Waals surface area contributed by atoms with E-state index in [1.165, 1.54) is 12.8 Å². The Morgan fingerprint density at radius 2 is 1.16 bits per heavy atom. The monoisotopic (exact) mass is 461 g/mol. The van der Waals surface area contributed by atoms with Gasteiger partial charge in [-0.2, -0.15) is 0 Å². The van der Waals surface area contributed by atoms with Crippen molar-refractivity contribution in [2.45, 2.75) is 96.7 Å². The number of hydrogen-bond donors (Lipinski definition) is 5. The molecule has 0 saturated carbocycles. The van der Waals surface area contributed by atoms with Crippen LogP contribution < -0.4 is 16.8 Å². The van der Waals surface area contributed by atoms with E-state index in [2.05, 4.69) is 19.2 Å². The fourth-order valence-corrected chi connectivity index (χ4v) is 3.47. The number of aliphatic hydroxyl groups is 2. The molecule has 0 bridgehead atoms. The van der Waals surface area contributed by atoms with Crippen molar-refractivity contribution in [3.8, 4) is 0 Å². The Bertz CT molecular complexity index is 343. The predicted octanol–water partition coefficient (Wildman–Crippen LogP) is 2.81. The Labute approximate surface area is 198 Å². The molecule has 7 heteroatoms. The van der Waals surface area contributed by atoms with Crippen LogP contribution in [0.15, 0.2) is 0 Å². The van der Waals surface area contributed by atoms with Gasteiger partial charge in [0.2, 0.25) is 0 Å². The summed E-state index contributed by atoms with van der Waals surface area (Å²) in [6.07, 6.45) is 11.0. The quantitative estimate of drug-likeness (QED) is 0.132. The Kier molecular flexibility index (Phi) is 23.7. The van der Waals surface area contributed by atoms with Crippen LogP contribution in [0, 0.1) is 11.8 Å². The highest BCUT2D eigenvalue weighted by Crippen LogP contribution is 2.11. The van der Waals surface area contributed by atoms with E-state index in [4.69, 9.17) is 20.9 Å². The van der Waals surface area contributed by atoms with E-state index in [-0.39, 0.29) is 6.10 Å². The number of aliphatic hydroxyl groups excluding tert-OH is 2. The lowest BCUT2D eigenvalue weighted by Crippen LogP contribution is -2.31. The normalized spacial score (nSPS) is 15.6. The second-order valence-electron chi connectivity index (χ2n) is 9.54. The number of rotatable bonds is 25. The third kappa shape index (κ3) is 22.9. The molecule has 0 spiro atoms. The molecule has 0 aromatic carbocycles. The van der Waals surface area contributed by atoms with Gasteiger partial charge in [0.1, 0.15) is 0 Å². The number of hydrogen-bond acceptors (Lipinski definition) is 7. The molecule has 4 atom stereocenters. The van der Waals surface area contributed by atoms with Gasteiger partial charge in [0.05, 0.1) is 25.4 Å². The van der Waals surface area contributed by atoms with Crippen molar-refractivity contribution in [2.75, 3.05) is 52.6 Å². The minimum Gasteiger partial charge on any atom is -0.391 e. The highest BCUT2D eigenvalue weighted by molar-refractivity contribution is 4.61. The molecule has 7 N–H and O–H groups in total. The van der Waals surface area contributed by atoms with E-state index in [9.17, 15) is 10.2 Å². The molecule has 0 radical (unpaired) electrons. The van der Waals surface area contributed by atoms with Crippen molar-refractivity contribution in [3.05, 3.63) is 0 Å². The highest BCUT2D eigenvalue weighted by Gasteiger charge is 2.06. The van der Waals surface area contributed by atoms with E-state index >= 15 is 0 Å². The van der Waals surface area contributed by atoms with Gasteiger partial charge < -0.3 is 36.5 Å². The first kappa shape index (κ1) is 31.7. The average molecular weight is 462 g/mol. The fraction of sp³-hybridized carbons (Fsp3) is 1.00. The summed E-state index contributed by atoms with van der Waals surface area (Å²) in [6, 6.07) is 0. The second-order valence-corrected chi connectivity index (χ2v) is 9.54. The number of nitrogens with one attached hydrogen (secondary N) is 1. The van der Waals surface area contributed by atoms with E-state index < -0.39 is 6.10 Å². The molecule has 0 amide bonds. The number of nitrogens with two attached hydrogens (primary N) is 2. The molecule has 0 heterocycles. The first-order valence-corrected chi connectivity index (χ1v) is 13.1. The summed E-state index contributed by atoms with van der Waals surface area (Å²) < 4.78 is 11.2. The molecule has 0 fully saturated rings. The maximum atomic E-state index is 9.97. The standard InChI is InChI=1S/C25H55N3O4/c1-22(17-26)11-6-5-7-13-24(29)20-31-15-8-3-4-9-16-32-21-25(30)19-28-14-10-12-23(2)18-27/h22-25,28-30H,3-21,26-27H2,1-2H3. The molecule has 0 aromatic rings. The summed E-state index contributed by atoms with van der Waals surface area (Å²) in [6.45, 7) is 9.57.